The smallest absolute Gasteiger partial charge is 0.337 e. The summed E-state index contributed by atoms with van der Waals surface area (Å²) in [7, 11) is 0. The minimum atomic E-state index is -1.13. The summed E-state index contributed by atoms with van der Waals surface area (Å²) in [5.74, 6) is -1.13. The molecule has 1 aromatic rings. The molecular weight excluding hydrogens is 280 g/mol. The number of carbonyl (C=O) groups excluding carboxylic acids is 1. The molecule has 0 aliphatic heterocycles. The van der Waals surface area contributed by atoms with E-state index in [1.165, 1.54) is 12.1 Å². The van der Waals surface area contributed by atoms with E-state index >= 15 is 0 Å². The molecule has 5 nitrogen and oxygen atoms in total. The van der Waals surface area contributed by atoms with E-state index < -0.39 is 5.97 Å². The molecule has 0 aromatic heterocycles. The number of nitrogens with one attached hydrogen (secondary N) is 1. The van der Waals surface area contributed by atoms with Crippen molar-refractivity contribution in [1.29, 1.82) is 0 Å². The van der Waals surface area contributed by atoms with Crippen molar-refractivity contribution in [2.75, 3.05) is 18.4 Å². The largest absolute Gasteiger partial charge is 0.478 e. The Balaban J connectivity index is 2.86. The lowest BCUT2D eigenvalue weighted by Crippen LogP contribution is -2.35. The van der Waals surface area contributed by atoms with Crippen molar-refractivity contribution in [1.82, 2.24) is 4.90 Å². The van der Waals surface area contributed by atoms with Gasteiger partial charge in [0.05, 0.1) is 11.3 Å². The van der Waals surface area contributed by atoms with E-state index in [9.17, 15) is 9.59 Å². The lowest BCUT2D eigenvalue weighted by Gasteiger charge is -2.21. The van der Waals surface area contributed by atoms with Crippen molar-refractivity contribution >= 4 is 29.3 Å². The summed E-state index contributed by atoms with van der Waals surface area (Å²) < 4.78 is 0. The number of rotatable bonds is 6. The van der Waals surface area contributed by atoms with Crippen LogP contribution in [0.1, 0.15) is 37.0 Å². The Morgan fingerprint density at radius 1 is 1.35 bits per heavy atom. The molecule has 0 atom stereocenters. The van der Waals surface area contributed by atoms with E-state index in [-0.39, 0.29) is 17.3 Å². The van der Waals surface area contributed by atoms with Crippen LogP contribution in [0, 0.1) is 0 Å². The zero-order valence-electron chi connectivity index (χ0n) is 11.6. The normalized spacial score (nSPS) is 10.2. The van der Waals surface area contributed by atoms with Crippen molar-refractivity contribution in [2.45, 2.75) is 26.7 Å². The molecule has 0 spiro atoms. The summed E-state index contributed by atoms with van der Waals surface area (Å²) in [5, 5.41) is 12.1. The number of carbonyl (C=O) groups is 2. The summed E-state index contributed by atoms with van der Waals surface area (Å²) in [6.07, 6.45) is 1.90. The molecule has 6 heteroatoms. The number of amides is 2. The van der Waals surface area contributed by atoms with E-state index in [0.29, 0.717) is 18.1 Å². The molecular formula is C14H19ClN2O3. The van der Waals surface area contributed by atoms with Gasteiger partial charge in [-0.25, -0.2) is 9.59 Å². The average Bonchev–Trinajstić information content (AvgIpc) is 2.41. The average molecular weight is 299 g/mol. The van der Waals surface area contributed by atoms with Crippen molar-refractivity contribution in [3.8, 4) is 0 Å². The van der Waals surface area contributed by atoms with Gasteiger partial charge in [0.1, 0.15) is 0 Å². The molecule has 0 saturated heterocycles. The molecule has 0 aliphatic rings. The summed E-state index contributed by atoms with van der Waals surface area (Å²) >= 11 is 5.77. The van der Waals surface area contributed by atoms with Crippen LogP contribution in [0.2, 0.25) is 5.02 Å². The highest BCUT2D eigenvalue weighted by Crippen LogP contribution is 2.21. The van der Waals surface area contributed by atoms with Gasteiger partial charge in [-0.15, -0.1) is 0 Å². The number of hydrogen-bond acceptors (Lipinski definition) is 2. The quantitative estimate of drug-likeness (QED) is 0.841. The van der Waals surface area contributed by atoms with Crippen molar-refractivity contribution in [3.05, 3.63) is 28.8 Å². The molecule has 0 aliphatic carbocycles. The van der Waals surface area contributed by atoms with Crippen LogP contribution in [0.15, 0.2) is 18.2 Å². The van der Waals surface area contributed by atoms with Gasteiger partial charge in [0.15, 0.2) is 0 Å². The molecule has 0 saturated carbocycles. The van der Waals surface area contributed by atoms with E-state index in [2.05, 4.69) is 5.32 Å². The lowest BCUT2D eigenvalue weighted by atomic mass is 10.2. The Labute approximate surface area is 123 Å². The highest BCUT2D eigenvalue weighted by Gasteiger charge is 2.16. The number of benzene rings is 1. The summed E-state index contributed by atoms with van der Waals surface area (Å²) in [4.78, 5) is 24.9. The number of urea groups is 1. The van der Waals surface area contributed by atoms with Crippen molar-refractivity contribution in [2.24, 2.45) is 0 Å². The van der Waals surface area contributed by atoms with Crippen LogP contribution < -0.4 is 5.32 Å². The van der Waals surface area contributed by atoms with Crippen LogP contribution in [-0.4, -0.2) is 35.1 Å². The zero-order valence-corrected chi connectivity index (χ0v) is 12.4. The monoisotopic (exact) mass is 298 g/mol. The maximum absolute atomic E-state index is 12.1. The van der Waals surface area contributed by atoms with Gasteiger partial charge >= 0.3 is 12.0 Å². The minimum Gasteiger partial charge on any atom is -0.478 e. The first kappa shape index (κ1) is 16.3. The molecule has 0 bridgehead atoms. The zero-order chi connectivity index (χ0) is 15.1. The van der Waals surface area contributed by atoms with Gasteiger partial charge in [0.25, 0.3) is 0 Å². The molecule has 2 N–H and O–H groups in total. The second-order valence-electron chi connectivity index (χ2n) is 4.36. The maximum atomic E-state index is 12.1. The van der Waals surface area contributed by atoms with Crippen LogP contribution in [-0.2, 0) is 0 Å². The van der Waals surface area contributed by atoms with Gasteiger partial charge < -0.3 is 15.3 Å². The first-order chi connectivity index (χ1) is 9.49. The first-order valence-corrected chi connectivity index (χ1v) is 6.96. The predicted molar refractivity (Wildman–Crippen MR) is 79.6 cm³/mol. The van der Waals surface area contributed by atoms with Gasteiger partial charge in [-0.05, 0) is 31.5 Å². The second-order valence-corrected chi connectivity index (χ2v) is 4.79. The van der Waals surface area contributed by atoms with Crippen molar-refractivity contribution < 1.29 is 14.7 Å². The SMILES string of the molecule is CCCCN(CC)C(=O)Nc1ccc(Cl)cc1C(=O)O. The maximum Gasteiger partial charge on any atom is 0.337 e. The lowest BCUT2D eigenvalue weighted by molar-refractivity contribution is 0.0698. The fraction of sp³-hybridized carbons (Fsp3) is 0.429. The van der Waals surface area contributed by atoms with E-state index in [0.717, 1.165) is 12.8 Å². The Hall–Kier alpha value is -1.75. The van der Waals surface area contributed by atoms with Crippen LogP contribution in [0.4, 0.5) is 10.5 Å². The molecule has 0 fully saturated rings. The number of hydrogen-bond donors (Lipinski definition) is 2. The van der Waals surface area contributed by atoms with Gasteiger partial charge in [-0.3, -0.25) is 0 Å². The van der Waals surface area contributed by atoms with Crippen molar-refractivity contribution in [3.63, 3.8) is 0 Å². The van der Waals surface area contributed by atoms with Crippen LogP contribution in [0.3, 0.4) is 0 Å². The number of nitrogens with zero attached hydrogens (tertiary/aromatic N) is 1. The Morgan fingerprint density at radius 2 is 2.05 bits per heavy atom. The molecule has 0 heterocycles. The molecule has 0 radical (unpaired) electrons. The third-order valence-corrected chi connectivity index (χ3v) is 3.14. The fourth-order valence-electron chi connectivity index (χ4n) is 1.75. The number of carboxylic acid groups (broad SMARTS) is 1. The molecule has 1 rings (SSSR count). The van der Waals surface area contributed by atoms with Crippen LogP contribution in [0.5, 0.6) is 0 Å². The Bertz CT molecular complexity index is 491. The molecule has 2 amide bonds. The molecule has 0 unspecified atom stereocenters. The van der Waals surface area contributed by atoms with Crippen LogP contribution in [0.25, 0.3) is 0 Å². The number of aromatic carboxylic acids is 1. The summed E-state index contributed by atoms with van der Waals surface area (Å²) in [6, 6.07) is 4.07. The third-order valence-electron chi connectivity index (χ3n) is 2.90. The Kier molecular flexibility index (Phi) is 6.31. The molecule has 110 valence electrons. The standard InChI is InChI=1S/C14H19ClN2O3/c1-3-5-8-17(4-2)14(20)16-12-7-6-10(15)9-11(12)13(18)19/h6-7,9H,3-5,8H2,1-2H3,(H,16,20)(H,18,19). The summed E-state index contributed by atoms with van der Waals surface area (Å²) in [5.41, 5.74) is 0.235. The molecule has 20 heavy (non-hydrogen) atoms. The van der Waals surface area contributed by atoms with Gasteiger partial charge in [0, 0.05) is 18.1 Å². The van der Waals surface area contributed by atoms with E-state index in [4.69, 9.17) is 16.7 Å². The number of unbranched alkanes of at least 4 members (excludes halogenated alkanes) is 1. The topological polar surface area (TPSA) is 69.6 Å². The number of anilines is 1. The number of halogens is 1. The predicted octanol–water partition coefficient (Wildman–Crippen LogP) is 3.69. The van der Waals surface area contributed by atoms with Gasteiger partial charge in [-0.1, -0.05) is 24.9 Å². The van der Waals surface area contributed by atoms with E-state index in [1.54, 1.807) is 11.0 Å². The third kappa shape index (κ3) is 4.42. The van der Waals surface area contributed by atoms with Gasteiger partial charge in [-0.2, -0.15) is 0 Å². The highest BCUT2D eigenvalue weighted by molar-refractivity contribution is 6.31. The fourth-order valence-corrected chi connectivity index (χ4v) is 1.92. The second kappa shape index (κ2) is 7.75. The summed E-state index contributed by atoms with van der Waals surface area (Å²) in [6.45, 7) is 5.15. The minimum absolute atomic E-state index is 0.0163. The molecule has 1 aromatic carbocycles. The van der Waals surface area contributed by atoms with Crippen LogP contribution >= 0.6 is 11.6 Å². The first-order valence-electron chi connectivity index (χ1n) is 6.58. The van der Waals surface area contributed by atoms with Gasteiger partial charge in [0.2, 0.25) is 0 Å². The Morgan fingerprint density at radius 3 is 2.60 bits per heavy atom. The van der Waals surface area contributed by atoms with E-state index in [1.807, 2.05) is 13.8 Å². The number of carboxylic acids is 1. The highest BCUT2D eigenvalue weighted by atomic mass is 35.5.